The standard InChI is InChI=1S/C19H26N4O5/c1-10(25)16(9-24)23-18(27)15(22-19(28)17(20)11(2)26)7-12-8-21-14-6-4-3-5-13(12)14/h3-6,8-11,15-17,21,25-26H,7,20H2,1-2H3,(H,22,28)(H,23,27)/t10-,11-,15+,16-,17+/m1/s1. The smallest absolute Gasteiger partial charge is 0.243 e. The van der Waals surface area contributed by atoms with Crippen molar-refractivity contribution < 1.29 is 24.6 Å². The van der Waals surface area contributed by atoms with Gasteiger partial charge in [-0.25, -0.2) is 0 Å². The molecule has 7 N–H and O–H groups in total. The van der Waals surface area contributed by atoms with E-state index in [1.54, 1.807) is 6.20 Å². The van der Waals surface area contributed by atoms with Crippen LogP contribution in [0.1, 0.15) is 19.4 Å². The number of aliphatic hydroxyl groups excluding tert-OH is 2. The molecule has 0 radical (unpaired) electrons. The van der Waals surface area contributed by atoms with Crippen molar-refractivity contribution in [3.8, 4) is 0 Å². The molecule has 5 atom stereocenters. The SMILES string of the molecule is C[C@@H](O)[C@H](N)C(=O)N[C@@H](Cc1c[nH]c2ccccc12)C(=O)N[C@H](C=O)[C@@H](C)O. The monoisotopic (exact) mass is 390 g/mol. The van der Waals surface area contributed by atoms with Crippen molar-refractivity contribution in [1.82, 2.24) is 15.6 Å². The van der Waals surface area contributed by atoms with Gasteiger partial charge in [0.1, 0.15) is 24.4 Å². The van der Waals surface area contributed by atoms with Crippen molar-refractivity contribution in [3.63, 3.8) is 0 Å². The van der Waals surface area contributed by atoms with Crippen LogP contribution in [0.5, 0.6) is 0 Å². The predicted molar refractivity (Wildman–Crippen MR) is 103 cm³/mol. The summed E-state index contributed by atoms with van der Waals surface area (Å²) in [7, 11) is 0. The molecule has 0 fully saturated rings. The molecule has 1 heterocycles. The summed E-state index contributed by atoms with van der Waals surface area (Å²) < 4.78 is 0. The van der Waals surface area contributed by atoms with Crippen LogP contribution < -0.4 is 16.4 Å². The van der Waals surface area contributed by atoms with E-state index in [2.05, 4.69) is 15.6 Å². The van der Waals surface area contributed by atoms with Gasteiger partial charge in [-0.1, -0.05) is 18.2 Å². The number of benzene rings is 1. The Morgan fingerprint density at radius 3 is 2.43 bits per heavy atom. The molecule has 0 unspecified atom stereocenters. The summed E-state index contributed by atoms with van der Waals surface area (Å²) in [5.74, 6) is -1.34. The molecule has 2 rings (SSSR count). The zero-order valence-electron chi connectivity index (χ0n) is 15.8. The Kier molecular flexibility index (Phi) is 7.27. The number of hydrogen-bond donors (Lipinski definition) is 6. The fourth-order valence-electron chi connectivity index (χ4n) is 2.75. The van der Waals surface area contributed by atoms with Crippen LogP contribution in [0.15, 0.2) is 30.5 Å². The van der Waals surface area contributed by atoms with E-state index in [0.717, 1.165) is 16.5 Å². The molecule has 0 spiro atoms. The lowest BCUT2D eigenvalue weighted by Gasteiger charge is -2.24. The Morgan fingerprint density at radius 1 is 1.14 bits per heavy atom. The van der Waals surface area contributed by atoms with Gasteiger partial charge in [0.15, 0.2) is 0 Å². The molecule has 9 nitrogen and oxygen atoms in total. The van der Waals surface area contributed by atoms with E-state index in [0.29, 0.717) is 6.29 Å². The molecule has 0 aliphatic carbocycles. The van der Waals surface area contributed by atoms with E-state index in [4.69, 9.17) is 5.73 Å². The third-order valence-electron chi connectivity index (χ3n) is 4.53. The van der Waals surface area contributed by atoms with E-state index < -0.39 is 42.1 Å². The number of H-pyrrole nitrogens is 1. The predicted octanol–water partition coefficient (Wildman–Crippen LogP) is -1.03. The fourth-order valence-corrected chi connectivity index (χ4v) is 2.75. The zero-order valence-corrected chi connectivity index (χ0v) is 15.8. The minimum absolute atomic E-state index is 0.125. The van der Waals surface area contributed by atoms with Crippen LogP contribution in [0.3, 0.4) is 0 Å². The Balaban J connectivity index is 2.25. The van der Waals surface area contributed by atoms with E-state index in [-0.39, 0.29) is 6.42 Å². The number of nitrogens with two attached hydrogens (primary N) is 1. The average Bonchev–Trinajstić information content (AvgIpc) is 3.07. The van der Waals surface area contributed by atoms with Gasteiger partial charge in [0.05, 0.1) is 12.2 Å². The molecule has 2 aromatic rings. The number of nitrogens with one attached hydrogen (secondary N) is 3. The topological polar surface area (TPSA) is 158 Å². The molecule has 0 bridgehead atoms. The highest BCUT2D eigenvalue weighted by Crippen LogP contribution is 2.19. The molecule has 2 amide bonds. The van der Waals surface area contributed by atoms with Gasteiger partial charge in [-0.05, 0) is 25.5 Å². The summed E-state index contributed by atoms with van der Waals surface area (Å²) in [6.45, 7) is 2.74. The summed E-state index contributed by atoms with van der Waals surface area (Å²) in [6.07, 6.45) is 0.0914. The van der Waals surface area contributed by atoms with Gasteiger partial charge in [0, 0.05) is 23.5 Å². The number of rotatable bonds is 9. The Hall–Kier alpha value is -2.75. The molecule has 0 saturated heterocycles. The number of amides is 2. The van der Waals surface area contributed by atoms with Gasteiger partial charge in [0.25, 0.3) is 0 Å². The van der Waals surface area contributed by atoms with Gasteiger partial charge in [-0.2, -0.15) is 0 Å². The molecule has 1 aromatic heterocycles. The lowest BCUT2D eigenvalue weighted by atomic mass is 10.0. The minimum Gasteiger partial charge on any atom is -0.391 e. The molecule has 9 heteroatoms. The first-order valence-corrected chi connectivity index (χ1v) is 8.97. The first-order chi connectivity index (χ1) is 13.2. The molecule has 28 heavy (non-hydrogen) atoms. The summed E-state index contributed by atoms with van der Waals surface area (Å²) >= 11 is 0. The molecule has 1 aromatic carbocycles. The first kappa shape index (κ1) is 21.5. The second-order valence-electron chi connectivity index (χ2n) is 6.80. The zero-order chi connectivity index (χ0) is 20.8. The molecule has 0 aliphatic heterocycles. The molecular formula is C19H26N4O5. The maximum absolute atomic E-state index is 12.7. The largest absolute Gasteiger partial charge is 0.391 e. The summed E-state index contributed by atoms with van der Waals surface area (Å²) in [5.41, 5.74) is 7.30. The molecular weight excluding hydrogens is 364 g/mol. The highest BCUT2D eigenvalue weighted by atomic mass is 16.3. The highest BCUT2D eigenvalue weighted by Gasteiger charge is 2.29. The number of carbonyl (C=O) groups excluding carboxylic acids is 3. The van der Waals surface area contributed by atoms with Crippen molar-refractivity contribution >= 4 is 29.0 Å². The highest BCUT2D eigenvalue weighted by molar-refractivity contribution is 5.92. The summed E-state index contributed by atoms with van der Waals surface area (Å²) in [4.78, 5) is 39.2. The van der Waals surface area contributed by atoms with E-state index in [1.807, 2.05) is 24.3 Å². The minimum atomic E-state index is -1.21. The van der Waals surface area contributed by atoms with Gasteiger partial charge in [0.2, 0.25) is 11.8 Å². The third-order valence-corrected chi connectivity index (χ3v) is 4.53. The second-order valence-corrected chi connectivity index (χ2v) is 6.80. The van der Waals surface area contributed by atoms with Crippen LogP contribution in [0.2, 0.25) is 0 Å². The number of aromatic nitrogens is 1. The van der Waals surface area contributed by atoms with Crippen LogP contribution in [-0.4, -0.2) is 63.6 Å². The van der Waals surface area contributed by atoms with Crippen molar-refractivity contribution in [2.75, 3.05) is 0 Å². The van der Waals surface area contributed by atoms with Crippen molar-refractivity contribution in [3.05, 3.63) is 36.0 Å². The number of carbonyl (C=O) groups is 3. The Bertz CT molecular complexity index is 833. The molecule has 152 valence electrons. The van der Waals surface area contributed by atoms with Gasteiger partial charge >= 0.3 is 0 Å². The number of hydrogen-bond acceptors (Lipinski definition) is 6. The van der Waals surface area contributed by atoms with Crippen molar-refractivity contribution in [1.29, 1.82) is 0 Å². The van der Waals surface area contributed by atoms with Crippen LogP contribution in [0.25, 0.3) is 10.9 Å². The summed E-state index contributed by atoms with van der Waals surface area (Å²) in [6, 6.07) is 4.10. The van der Waals surface area contributed by atoms with Crippen molar-refractivity contribution in [2.24, 2.45) is 5.73 Å². The lowest BCUT2D eigenvalue weighted by Crippen LogP contribution is -2.57. The normalized spacial score (nSPS) is 16.6. The molecule has 0 saturated carbocycles. The van der Waals surface area contributed by atoms with E-state index in [1.165, 1.54) is 13.8 Å². The number of aromatic amines is 1. The second kappa shape index (κ2) is 9.45. The number of aldehydes is 1. The Morgan fingerprint density at radius 2 is 1.82 bits per heavy atom. The van der Waals surface area contributed by atoms with Crippen LogP contribution in [0, 0.1) is 0 Å². The summed E-state index contributed by atoms with van der Waals surface area (Å²) in [5, 5.41) is 24.9. The van der Waals surface area contributed by atoms with Crippen molar-refractivity contribution in [2.45, 2.75) is 50.6 Å². The van der Waals surface area contributed by atoms with Crippen LogP contribution in [-0.2, 0) is 20.8 Å². The van der Waals surface area contributed by atoms with Crippen LogP contribution in [0.4, 0.5) is 0 Å². The van der Waals surface area contributed by atoms with Gasteiger partial charge in [-0.3, -0.25) is 9.59 Å². The maximum atomic E-state index is 12.7. The number of fused-ring (bicyclic) bond motifs is 1. The quantitative estimate of drug-likeness (QED) is 0.300. The van der Waals surface area contributed by atoms with E-state index >= 15 is 0 Å². The number of para-hydroxylation sites is 1. The molecule has 0 aliphatic rings. The Labute approximate surface area is 162 Å². The van der Waals surface area contributed by atoms with Gasteiger partial charge < -0.3 is 36.4 Å². The lowest BCUT2D eigenvalue weighted by molar-refractivity contribution is -0.132. The fraction of sp³-hybridized carbons (Fsp3) is 0.421. The van der Waals surface area contributed by atoms with Gasteiger partial charge in [-0.15, -0.1) is 0 Å². The first-order valence-electron chi connectivity index (χ1n) is 8.97. The van der Waals surface area contributed by atoms with Crippen LogP contribution >= 0.6 is 0 Å². The number of aliphatic hydroxyl groups is 2. The van der Waals surface area contributed by atoms with E-state index in [9.17, 15) is 24.6 Å². The average molecular weight is 390 g/mol. The maximum Gasteiger partial charge on any atom is 0.243 e. The third kappa shape index (κ3) is 5.16.